The van der Waals surface area contributed by atoms with Crippen LogP contribution in [0, 0.1) is 16.7 Å². The number of nitriles is 1. The van der Waals surface area contributed by atoms with Gasteiger partial charge in [0.05, 0.1) is 22.6 Å². The van der Waals surface area contributed by atoms with Crippen LogP contribution < -0.4 is 10.5 Å². The van der Waals surface area contributed by atoms with E-state index in [4.69, 9.17) is 15.7 Å². The fourth-order valence-electron chi connectivity index (χ4n) is 1.38. The molecule has 0 aliphatic rings. The predicted octanol–water partition coefficient (Wildman–Crippen LogP) is 3.74. The van der Waals surface area contributed by atoms with Gasteiger partial charge in [0.2, 0.25) is 0 Å². The molecule has 17 heavy (non-hydrogen) atoms. The second kappa shape index (κ2) is 5.92. The molecule has 0 atom stereocenters. The molecule has 1 aromatic rings. The fourth-order valence-corrected chi connectivity index (χ4v) is 1.74. The fraction of sp³-hybridized carbons (Fsp3) is 0.462. The summed E-state index contributed by atoms with van der Waals surface area (Å²) in [5.41, 5.74) is 6.08. The average molecular weight is 297 g/mol. The number of hydrogen-bond donors (Lipinski definition) is 1. The zero-order valence-corrected chi connectivity index (χ0v) is 11.8. The Labute approximate surface area is 111 Å². The number of nitrogens with zero attached hydrogens (tertiary/aromatic N) is 1. The van der Waals surface area contributed by atoms with Gasteiger partial charge in [-0.2, -0.15) is 5.26 Å². The number of anilines is 1. The van der Waals surface area contributed by atoms with Gasteiger partial charge in [0.1, 0.15) is 5.75 Å². The zero-order chi connectivity index (χ0) is 12.9. The molecule has 0 aromatic heterocycles. The molecule has 0 spiro atoms. The van der Waals surface area contributed by atoms with E-state index in [-0.39, 0.29) is 5.41 Å². The van der Waals surface area contributed by atoms with Gasteiger partial charge in [0.15, 0.2) is 0 Å². The summed E-state index contributed by atoms with van der Waals surface area (Å²) >= 11 is 3.40. The van der Waals surface area contributed by atoms with Gasteiger partial charge in [0.25, 0.3) is 0 Å². The molecule has 0 amide bonds. The predicted molar refractivity (Wildman–Crippen MR) is 72.7 cm³/mol. The summed E-state index contributed by atoms with van der Waals surface area (Å²) in [7, 11) is 0. The first kappa shape index (κ1) is 13.9. The van der Waals surface area contributed by atoms with Gasteiger partial charge in [-0.15, -0.1) is 0 Å². The maximum atomic E-state index is 8.88. The van der Waals surface area contributed by atoms with Crippen molar-refractivity contribution < 1.29 is 4.74 Å². The Kier molecular flexibility index (Phi) is 4.83. The number of halogens is 1. The standard InChI is InChI=1S/C13H17BrN2O/c1-13(2,9-15)6-3-7-17-12-8-10(16)4-5-11(12)14/h4-5,8H,3,6-7,16H2,1-2H3. The Morgan fingerprint density at radius 1 is 1.47 bits per heavy atom. The largest absolute Gasteiger partial charge is 0.492 e. The summed E-state index contributed by atoms with van der Waals surface area (Å²) in [6.07, 6.45) is 1.67. The third-order valence-corrected chi connectivity index (χ3v) is 3.12. The summed E-state index contributed by atoms with van der Waals surface area (Å²) in [6.45, 7) is 4.46. The van der Waals surface area contributed by atoms with E-state index < -0.39 is 0 Å². The monoisotopic (exact) mass is 296 g/mol. The highest BCUT2D eigenvalue weighted by molar-refractivity contribution is 9.10. The van der Waals surface area contributed by atoms with Crippen LogP contribution in [0.15, 0.2) is 22.7 Å². The number of nitrogen functional groups attached to an aromatic ring is 1. The van der Waals surface area contributed by atoms with Crippen molar-refractivity contribution in [2.75, 3.05) is 12.3 Å². The molecule has 1 rings (SSSR count). The molecule has 0 aliphatic carbocycles. The molecule has 92 valence electrons. The molecular weight excluding hydrogens is 280 g/mol. The van der Waals surface area contributed by atoms with Gasteiger partial charge in [-0.05, 0) is 54.8 Å². The van der Waals surface area contributed by atoms with Gasteiger partial charge < -0.3 is 10.5 Å². The van der Waals surface area contributed by atoms with Crippen LogP contribution in [0.5, 0.6) is 5.75 Å². The van der Waals surface area contributed by atoms with Crippen molar-refractivity contribution in [3.05, 3.63) is 22.7 Å². The Morgan fingerprint density at radius 2 is 2.18 bits per heavy atom. The normalized spacial score (nSPS) is 10.9. The lowest BCUT2D eigenvalue weighted by molar-refractivity contribution is 0.283. The zero-order valence-electron chi connectivity index (χ0n) is 10.2. The summed E-state index contributed by atoms with van der Waals surface area (Å²) in [5.74, 6) is 0.750. The number of ether oxygens (including phenoxy) is 1. The quantitative estimate of drug-likeness (QED) is 0.665. The lowest BCUT2D eigenvalue weighted by Gasteiger charge is -2.15. The Hall–Kier alpha value is -1.21. The molecule has 0 bridgehead atoms. The SMILES string of the molecule is CC(C)(C#N)CCCOc1cc(N)ccc1Br. The van der Waals surface area contributed by atoms with Gasteiger partial charge in [-0.1, -0.05) is 0 Å². The molecule has 0 unspecified atom stereocenters. The second-order valence-corrected chi connectivity index (χ2v) is 5.49. The maximum Gasteiger partial charge on any atom is 0.135 e. The highest BCUT2D eigenvalue weighted by Gasteiger charge is 2.15. The number of nitrogens with two attached hydrogens (primary N) is 1. The molecular formula is C13H17BrN2O. The van der Waals surface area contributed by atoms with E-state index in [0.29, 0.717) is 12.3 Å². The molecule has 0 saturated heterocycles. The van der Waals surface area contributed by atoms with Crippen LogP contribution in [0.4, 0.5) is 5.69 Å². The minimum absolute atomic E-state index is 0.281. The van der Waals surface area contributed by atoms with E-state index in [1.807, 2.05) is 26.0 Å². The first-order valence-electron chi connectivity index (χ1n) is 5.54. The van der Waals surface area contributed by atoms with Gasteiger partial charge >= 0.3 is 0 Å². The van der Waals surface area contributed by atoms with E-state index in [1.54, 1.807) is 6.07 Å². The van der Waals surface area contributed by atoms with E-state index in [0.717, 1.165) is 23.1 Å². The van der Waals surface area contributed by atoms with Gasteiger partial charge in [-0.3, -0.25) is 0 Å². The lowest BCUT2D eigenvalue weighted by Crippen LogP contribution is -2.10. The van der Waals surface area contributed by atoms with Crippen LogP contribution in [-0.2, 0) is 0 Å². The van der Waals surface area contributed by atoms with E-state index in [9.17, 15) is 0 Å². The van der Waals surface area contributed by atoms with Crippen molar-refractivity contribution in [2.45, 2.75) is 26.7 Å². The molecule has 2 N–H and O–H groups in total. The van der Waals surface area contributed by atoms with Crippen LogP contribution in [0.1, 0.15) is 26.7 Å². The third kappa shape index (κ3) is 4.66. The van der Waals surface area contributed by atoms with Crippen molar-refractivity contribution in [2.24, 2.45) is 5.41 Å². The van der Waals surface area contributed by atoms with E-state index in [2.05, 4.69) is 22.0 Å². The molecule has 0 fully saturated rings. The molecule has 0 heterocycles. The van der Waals surface area contributed by atoms with Crippen LogP contribution in [-0.4, -0.2) is 6.61 Å². The summed E-state index contributed by atoms with van der Waals surface area (Å²) in [5, 5.41) is 8.88. The summed E-state index contributed by atoms with van der Waals surface area (Å²) in [6, 6.07) is 7.75. The highest BCUT2D eigenvalue weighted by Crippen LogP contribution is 2.27. The first-order chi connectivity index (χ1) is 7.94. The van der Waals surface area contributed by atoms with Crippen LogP contribution in [0.3, 0.4) is 0 Å². The average Bonchev–Trinajstić information content (AvgIpc) is 2.29. The smallest absolute Gasteiger partial charge is 0.135 e. The van der Waals surface area contributed by atoms with Gasteiger partial charge in [0, 0.05) is 11.8 Å². The highest BCUT2D eigenvalue weighted by atomic mass is 79.9. The second-order valence-electron chi connectivity index (χ2n) is 4.64. The van der Waals surface area contributed by atoms with Crippen molar-refractivity contribution in [3.8, 4) is 11.8 Å². The van der Waals surface area contributed by atoms with Crippen molar-refractivity contribution in [1.29, 1.82) is 5.26 Å². The molecule has 4 heteroatoms. The van der Waals surface area contributed by atoms with Crippen LogP contribution >= 0.6 is 15.9 Å². The van der Waals surface area contributed by atoms with Crippen LogP contribution in [0.25, 0.3) is 0 Å². The topological polar surface area (TPSA) is 59.0 Å². The summed E-state index contributed by atoms with van der Waals surface area (Å²) in [4.78, 5) is 0. The number of hydrogen-bond acceptors (Lipinski definition) is 3. The third-order valence-electron chi connectivity index (χ3n) is 2.46. The molecule has 0 radical (unpaired) electrons. The summed E-state index contributed by atoms with van der Waals surface area (Å²) < 4.78 is 6.52. The Morgan fingerprint density at radius 3 is 2.82 bits per heavy atom. The minimum atomic E-state index is -0.281. The Balaban J connectivity index is 2.42. The van der Waals surface area contributed by atoms with Crippen molar-refractivity contribution in [3.63, 3.8) is 0 Å². The van der Waals surface area contributed by atoms with E-state index in [1.165, 1.54) is 0 Å². The Bertz CT molecular complexity index is 424. The molecule has 3 nitrogen and oxygen atoms in total. The molecule has 1 aromatic carbocycles. The first-order valence-corrected chi connectivity index (χ1v) is 6.33. The van der Waals surface area contributed by atoms with Crippen molar-refractivity contribution in [1.82, 2.24) is 0 Å². The number of benzene rings is 1. The van der Waals surface area contributed by atoms with E-state index >= 15 is 0 Å². The minimum Gasteiger partial charge on any atom is -0.492 e. The van der Waals surface area contributed by atoms with Gasteiger partial charge in [-0.25, -0.2) is 0 Å². The number of rotatable bonds is 5. The van der Waals surface area contributed by atoms with Crippen molar-refractivity contribution >= 4 is 21.6 Å². The van der Waals surface area contributed by atoms with Crippen LogP contribution in [0.2, 0.25) is 0 Å². The lowest BCUT2D eigenvalue weighted by atomic mass is 9.90. The molecule has 0 aliphatic heterocycles. The molecule has 0 saturated carbocycles. The maximum absolute atomic E-state index is 8.88.